The Morgan fingerprint density at radius 2 is 1.67 bits per heavy atom. The van der Waals surface area contributed by atoms with Gasteiger partial charge < -0.3 is 25.2 Å². The van der Waals surface area contributed by atoms with Crippen LogP contribution < -0.4 is 20.1 Å². The van der Waals surface area contributed by atoms with Gasteiger partial charge in [-0.2, -0.15) is 0 Å². The van der Waals surface area contributed by atoms with Crippen molar-refractivity contribution < 1.29 is 24.2 Å². The van der Waals surface area contributed by atoms with Crippen LogP contribution in [0.15, 0.2) is 48.5 Å². The predicted molar refractivity (Wildman–Crippen MR) is 98.3 cm³/mol. The summed E-state index contributed by atoms with van der Waals surface area (Å²) in [5.74, 6) is -0.149. The minimum atomic E-state index is -0.777. The van der Waals surface area contributed by atoms with Crippen molar-refractivity contribution in [3.05, 3.63) is 59.7 Å². The molecule has 0 bridgehead atoms. The van der Waals surface area contributed by atoms with Crippen LogP contribution in [0.1, 0.15) is 23.7 Å². The highest BCUT2D eigenvalue weighted by molar-refractivity contribution is 6.35. The van der Waals surface area contributed by atoms with Crippen LogP contribution in [0.2, 0.25) is 0 Å². The Labute approximate surface area is 157 Å². The highest BCUT2D eigenvalue weighted by Gasteiger charge is 2.17. The van der Waals surface area contributed by atoms with Crippen LogP contribution in [0, 0.1) is 0 Å². The van der Waals surface area contributed by atoms with Crippen molar-refractivity contribution in [1.29, 1.82) is 0 Å². The average Bonchev–Trinajstić information content (AvgIpc) is 3.16. The summed E-state index contributed by atoms with van der Waals surface area (Å²) in [6.45, 7) is 0.737. The van der Waals surface area contributed by atoms with E-state index in [0.717, 1.165) is 5.56 Å². The first-order valence-corrected chi connectivity index (χ1v) is 8.81. The largest absolute Gasteiger partial charge is 0.454 e. The molecular weight excluding hydrogens is 348 g/mol. The highest BCUT2D eigenvalue weighted by atomic mass is 16.7. The second kappa shape index (κ2) is 9.05. The van der Waals surface area contributed by atoms with E-state index in [-0.39, 0.29) is 19.8 Å². The zero-order valence-electron chi connectivity index (χ0n) is 14.8. The summed E-state index contributed by atoms with van der Waals surface area (Å²) in [5.41, 5.74) is 1.76. The smallest absolute Gasteiger partial charge is 0.309 e. The molecule has 2 aromatic rings. The molecule has 0 radical (unpaired) electrons. The molecule has 1 unspecified atom stereocenters. The van der Waals surface area contributed by atoms with E-state index in [1.165, 1.54) is 0 Å². The van der Waals surface area contributed by atoms with Gasteiger partial charge in [0.25, 0.3) is 0 Å². The number of aliphatic hydroxyl groups is 1. The Morgan fingerprint density at radius 1 is 0.963 bits per heavy atom. The Hall–Kier alpha value is -3.06. The first kappa shape index (κ1) is 18.7. The van der Waals surface area contributed by atoms with Crippen molar-refractivity contribution in [2.24, 2.45) is 0 Å². The molecule has 0 saturated carbocycles. The van der Waals surface area contributed by atoms with Gasteiger partial charge in [0.1, 0.15) is 0 Å². The number of rotatable bonds is 7. The normalized spacial score (nSPS) is 13.1. The third kappa shape index (κ3) is 5.21. The van der Waals surface area contributed by atoms with Crippen molar-refractivity contribution >= 4 is 11.8 Å². The van der Waals surface area contributed by atoms with E-state index < -0.39 is 17.9 Å². The van der Waals surface area contributed by atoms with E-state index in [1.807, 2.05) is 30.3 Å². The number of amides is 2. The Morgan fingerprint density at radius 3 is 2.44 bits per heavy atom. The van der Waals surface area contributed by atoms with Gasteiger partial charge in [0.15, 0.2) is 11.5 Å². The maximum atomic E-state index is 11.8. The lowest BCUT2D eigenvalue weighted by atomic mass is 10.1. The van der Waals surface area contributed by atoms with Crippen molar-refractivity contribution in [2.45, 2.75) is 18.9 Å². The van der Waals surface area contributed by atoms with Crippen molar-refractivity contribution in [1.82, 2.24) is 10.6 Å². The molecule has 2 aromatic carbocycles. The number of fused-ring (bicyclic) bond motifs is 1. The molecule has 27 heavy (non-hydrogen) atoms. The molecule has 7 nitrogen and oxygen atoms in total. The number of hydrogen-bond donors (Lipinski definition) is 3. The summed E-state index contributed by atoms with van der Waals surface area (Å²) in [4.78, 5) is 23.6. The lowest BCUT2D eigenvalue weighted by Gasteiger charge is -2.12. The van der Waals surface area contributed by atoms with Crippen LogP contribution in [0.4, 0.5) is 0 Å². The number of nitrogens with one attached hydrogen (secondary N) is 2. The zero-order chi connectivity index (χ0) is 19.1. The molecule has 0 spiro atoms. The molecule has 1 heterocycles. The molecule has 1 aliphatic rings. The SMILES string of the molecule is O=C(NCCc1ccccc1)C(=O)NCCC(O)c1ccc2c(c1)OCO2. The minimum absolute atomic E-state index is 0.171. The standard InChI is InChI=1S/C20H22N2O5/c23-16(15-6-7-17-18(12-15)27-13-26-17)9-11-22-20(25)19(24)21-10-8-14-4-2-1-3-5-14/h1-7,12,16,23H,8-11,13H2,(H,21,24)(H,22,25). The summed E-state index contributed by atoms with van der Waals surface area (Å²) < 4.78 is 10.5. The van der Waals surface area contributed by atoms with Crippen molar-refractivity contribution in [2.75, 3.05) is 19.9 Å². The third-order valence-corrected chi connectivity index (χ3v) is 4.23. The number of carbonyl (C=O) groups is 2. The first-order chi connectivity index (χ1) is 13.1. The van der Waals surface area contributed by atoms with Gasteiger partial charge in [0, 0.05) is 13.1 Å². The molecule has 0 aromatic heterocycles. The summed E-state index contributed by atoms with van der Waals surface area (Å²) in [6, 6.07) is 14.9. The Kier molecular flexibility index (Phi) is 6.27. The van der Waals surface area contributed by atoms with Gasteiger partial charge in [-0.25, -0.2) is 0 Å². The molecule has 0 aliphatic carbocycles. The quantitative estimate of drug-likeness (QED) is 0.639. The first-order valence-electron chi connectivity index (χ1n) is 8.81. The van der Waals surface area contributed by atoms with E-state index in [0.29, 0.717) is 30.0 Å². The van der Waals surface area contributed by atoms with Gasteiger partial charge >= 0.3 is 11.8 Å². The van der Waals surface area contributed by atoms with Gasteiger partial charge in [-0.15, -0.1) is 0 Å². The fourth-order valence-corrected chi connectivity index (χ4v) is 2.74. The number of benzene rings is 2. The highest BCUT2D eigenvalue weighted by Crippen LogP contribution is 2.34. The summed E-state index contributed by atoms with van der Waals surface area (Å²) in [5, 5.41) is 15.3. The van der Waals surface area contributed by atoms with Gasteiger partial charge in [-0.1, -0.05) is 36.4 Å². The minimum Gasteiger partial charge on any atom is -0.454 e. The van der Waals surface area contributed by atoms with Crippen LogP contribution in [-0.2, 0) is 16.0 Å². The Balaban J connectivity index is 1.36. The molecule has 2 amide bonds. The number of carbonyl (C=O) groups excluding carboxylic acids is 2. The lowest BCUT2D eigenvalue weighted by Crippen LogP contribution is -2.41. The van der Waals surface area contributed by atoms with Gasteiger partial charge in [-0.3, -0.25) is 9.59 Å². The number of aliphatic hydroxyl groups excluding tert-OH is 1. The second-order valence-electron chi connectivity index (χ2n) is 6.16. The molecule has 3 rings (SSSR count). The zero-order valence-corrected chi connectivity index (χ0v) is 14.8. The monoisotopic (exact) mass is 370 g/mol. The molecule has 3 N–H and O–H groups in total. The molecule has 1 atom stereocenters. The van der Waals surface area contributed by atoms with E-state index >= 15 is 0 Å². The topological polar surface area (TPSA) is 96.9 Å². The summed E-state index contributed by atoms with van der Waals surface area (Å²) >= 11 is 0. The van der Waals surface area contributed by atoms with E-state index in [4.69, 9.17) is 9.47 Å². The van der Waals surface area contributed by atoms with Gasteiger partial charge in [0.2, 0.25) is 6.79 Å². The van der Waals surface area contributed by atoms with Crippen molar-refractivity contribution in [3.63, 3.8) is 0 Å². The third-order valence-electron chi connectivity index (χ3n) is 4.23. The van der Waals surface area contributed by atoms with Gasteiger partial charge in [0.05, 0.1) is 6.10 Å². The van der Waals surface area contributed by atoms with Crippen molar-refractivity contribution in [3.8, 4) is 11.5 Å². The van der Waals surface area contributed by atoms with E-state index in [1.54, 1.807) is 18.2 Å². The molecule has 0 saturated heterocycles. The maximum Gasteiger partial charge on any atom is 0.309 e. The van der Waals surface area contributed by atoms with Gasteiger partial charge in [-0.05, 0) is 36.1 Å². The van der Waals surface area contributed by atoms with Crippen LogP contribution in [0.5, 0.6) is 11.5 Å². The fraction of sp³-hybridized carbons (Fsp3) is 0.300. The second-order valence-corrected chi connectivity index (χ2v) is 6.16. The average molecular weight is 370 g/mol. The molecule has 142 valence electrons. The van der Waals surface area contributed by atoms with Crippen LogP contribution in [0.3, 0.4) is 0 Å². The number of hydrogen-bond acceptors (Lipinski definition) is 5. The Bertz CT molecular complexity index is 794. The molecule has 0 fully saturated rings. The van der Waals surface area contributed by atoms with Crippen LogP contribution in [0.25, 0.3) is 0 Å². The molecule has 1 aliphatic heterocycles. The fourth-order valence-electron chi connectivity index (χ4n) is 2.74. The maximum absolute atomic E-state index is 11.8. The number of ether oxygens (including phenoxy) is 2. The van der Waals surface area contributed by atoms with E-state index in [9.17, 15) is 14.7 Å². The lowest BCUT2D eigenvalue weighted by molar-refractivity contribution is -0.139. The molecular formula is C20H22N2O5. The van der Waals surface area contributed by atoms with Crippen LogP contribution in [-0.4, -0.2) is 36.8 Å². The van der Waals surface area contributed by atoms with E-state index in [2.05, 4.69) is 10.6 Å². The molecule has 7 heteroatoms. The summed E-state index contributed by atoms with van der Waals surface area (Å²) in [6.07, 6.45) is 0.159. The van der Waals surface area contributed by atoms with Crippen LogP contribution >= 0.6 is 0 Å². The predicted octanol–water partition coefficient (Wildman–Crippen LogP) is 1.31. The summed E-state index contributed by atoms with van der Waals surface area (Å²) in [7, 11) is 0.